The molecule has 3 N–H and O–H groups in total. The van der Waals surface area contributed by atoms with Crippen LogP contribution in [0.3, 0.4) is 0 Å². The predicted molar refractivity (Wildman–Crippen MR) is 162 cm³/mol. The topological polar surface area (TPSA) is 116 Å². The van der Waals surface area contributed by atoms with Crippen molar-refractivity contribution in [2.75, 3.05) is 50.5 Å². The van der Waals surface area contributed by atoms with Gasteiger partial charge < -0.3 is 25.2 Å². The number of hydrogen-bond acceptors (Lipinski definition) is 8. The van der Waals surface area contributed by atoms with E-state index in [1.165, 1.54) is 12.5 Å². The number of hydrogen-bond donors (Lipinski definition) is 2. The number of nitrogens with one attached hydrogen (secondary N) is 1. The van der Waals surface area contributed by atoms with Crippen molar-refractivity contribution < 1.29 is 9.53 Å². The van der Waals surface area contributed by atoms with Gasteiger partial charge in [0, 0.05) is 36.6 Å². The number of nitrogen functional groups attached to an aromatic ring is 1. The summed E-state index contributed by atoms with van der Waals surface area (Å²) in [6.07, 6.45) is 6.25. The first-order chi connectivity index (χ1) is 18.4. The Kier molecular flexibility index (Phi) is 10.8. The van der Waals surface area contributed by atoms with E-state index >= 15 is 0 Å². The molecule has 1 fully saturated rings. The van der Waals surface area contributed by atoms with E-state index in [0.29, 0.717) is 36.0 Å². The molecule has 212 valence electrons. The van der Waals surface area contributed by atoms with Crippen molar-refractivity contribution in [2.45, 2.75) is 45.7 Å². The minimum Gasteiger partial charge on any atom is -0.462 e. The summed E-state index contributed by atoms with van der Waals surface area (Å²) in [6.45, 7) is 11.9. The van der Waals surface area contributed by atoms with Gasteiger partial charge in [0.2, 0.25) is 5.91 Å². The molecule has 12 heteroatoms. The molecule has 1 aromatic carbocycles. The number of halogens is 1. The van der Waals surface area contributed by atoms with Gasteiger partial charge >= 0.3 is 6.01 Å². The van der Waals surface area contributed by atoms with Crippen molar-refractivity contribution in [1.82, 2.24) is 30.0 Å². The zero-order valence-electron chi connectivity index (χ0n) is 22.9. The molecule has 4 heterocycles. The van der Waals surface area contributed by atoms with Crippen LogP contribution in [0, 0.1) is 0 Å². The molecule has 39 heavy (non-hydrogen) atoms. The van der Waals surface area contributed by atoms with Crippen LogP contribution in [0.2, 0.25) is 5.02 Å². The minimum atomic E-state index is 0. The molecule has 0 bridgehead atoms. The number of H-pyrrole nitrogens is 1. The van der Waals surface area contributed by atoms with E-state index in [-0.39, 0.29) is 19.4 Å². The van der Waals surface area contributed by atoms with Crippen LogP contribution >= 0.6 is 25.1 Å². The molecule has 0 radical (unpaired) electrons. The van der Waals surface area contributed by atoms with Crippen LogP contribution < -0.4 is 15.4 Å². The fourth-order valence-electron chi connectivity index (χ4n) is 5.01. The second-order valence-electron chi connectivity index (χ2n) is 9.52. The SMILES string of the molecule is C=CC(=O)N(CC)CC.CN1CCC[C@H]1COc1nc(N)c2c(n1)CN(c1c(Cl)ccc3[nH]ncc13)CC2.S. The number of carbonyl (C=O) groups excluding carboxylic acids is 1. The number of likely N-dealkylation sites (tertiary alicyclic amines) is 1. The van der Waals surface area contributed by atoms with Crippen molar-refractivity contribution in [3.63, 3.8) is 0 Å². The number of benzene rings is 1. The van der Waals surface area contributed by atoms with Gasteiger partial charge in [0.1, 0.15) is 12.4 Å². The highest BCUT2D eigenvalue weighted by Gasteiger charge is 2.26. The molecule has 10 nitrogen and oxygen atoms in total. The summed E-state index contributed by atoms with van der Waals surface area (Å²) >= 11 is 6.55. The number of aromatic nitrogens is 4. The largest absolute Gasteiger partial charge is 0.462 e. The molecule has 0 saturated carbocycles. The van der Waals surface area contributed by atoms with Crippen LogP contribution in [-0.4, -0.2) is 81.7 Å². The normalized spacial score (nSPS) is 16.6. The second kappa shape index (κ2) is 13.9. The molecular weight excluding hydrogens is 536 g/mol. The van der Waals surface area contributed by atoms with E-state index in [4.69, 9.17) is 27.1 Å². The highest BCUT2D eigenvalue weighted by Crippen LogP contribution is 2.36. The summed E-state index contributed by atoms with van der Waals surface area (Å²) in [7, 11) is 2.13. The van der Waals surface area contributed by atoms with E-state index in [1.54, 1.807) is 4.90 Å². The molecule has 0 spiro atoms. The smallest absolute Gasteiger partial charge is 0.318 e. The molecule has 0 aliphatic carbocycles. The summed E-state index contributed by atoms with van der Waals surface area (Å²) < 4.78 is 5.93. The van der Waals surface area contributed by atoms with Crippen molar-refractivity contribution in [1.29, 1.82) is 0 Å². The van der Waals surface area contributed by atoms with Gasteiger partial charge in [-0.3, -0.25) is 9.89 Å². The minimum absolute atomic E-state index is 0. The van der Waals surface area contributed by atoms with Crippen LogP contribution in [0.5, 0.6) is 6.01 Å². The Balaban J connectivity index is 0.000000366. The molecule has 1 saturated heterocycles. The molecule has 5 rings (SSSR count). The number of carbonyl (C=O) groups is 1. The van der Waals surface area contributed by atoms with Crippen LogP contribution in [0.1, 0.15) is 37.9 Å². The maximum atomic E-state index is 10.8. The van der Waals surface area contributed by atoms with Crippen LogP contribution in [0.4, 0.5) is 11.5 Å². The monoisotopic (exact) mass is 574 g/mol. The summed E-state index contributed by atoms with van der Waals surface area (Å²) in [5.41, 5.74) is 10.1. The summed E-state index contributed by atoms with van der Waals surface area (Å²) in [5.74, 6) is 0.525. The Morgan fingerprint density at radius 3 is 2.72 bits per heavy atom. The number of amides is 1. The van der Waals surface area contributed by atoms with Gasteiger partial charge in [0.25, 0.3) is 0 Å². The number of likely N-dealkylation sites (N-methyl/N-ethyl adjacent to an activating group) is 2. The number of rotatable bonds is 7. The van der Waals surface area contributed by atoms with Crippen molar-refractivity contribution in [3.8, 4) is 6.01 Å². The fourth-order valence-corrected chi connectivity index (χ4v) is 5.30. The van der Waals surface area contributed by atoms with E-state index < -0.39 is 0 Å². The number of aromatic amines is 1. The average molecular weight is 575 g/mol. The van der Waals surface area contributed by atoms with E-state index in [0.717, 1.165) is 66.9 Å². The number of nitrogens with zero attached hydrogens (tertiary/aromatic N) is 6. The molecule has 1 atom stereocenters. The Bertz CT molecular complexity index is 1280. The maximum absolute atomic E-state index is 10.8. The van der Waals surface area contributed by atoms with E-state index in [2.05, 4.69) is 38.6 Å². The quantitative estimate of drug-likeness (QED) is 0.410. The lowest BCUT2D eigenvalue weighted by Crippen LogP contribution is -2.33. The van der Waals surface area contributed by atoms with Crippen molar-refractivity contribution in [2.24, 2.45) is 0 Å². The Hall–Kier alpha value is -3.02. The zero-order valence-corrected chi connectivity index (χ0v) is 24.7. The number of fused-ring (bicyclic) bond motifs is 2. The second-order valence-corrected chi connectivity index (χ2v) is 9.92. The Labute approximate surface area is 242 Å². The molecule has 3 aromatic rings. The highest BCUT2D eigenvalue weighted by atomic mass is 35.5. The van der Waals surface area contributed by atoms with E-state index in [1.807, 2.05) is 32.2 Å². The van der Waals surface area contributed by atoms with Gasteiger partial charge in [-0.05, 0) is 64.9 Å². The lowest BCUT2D eigenvalue weighted by Gasteiger charge is -2.31. The number of anilines is 2. The van der Waals surface area contributed by atoms with Crippen molar-refractivity contribution >= 4 is 53.4 Å². The first-order valence-electron chi connectivity index (χ1n) is 13.1. The fraction of sp³-hybridized carbons (Fsp3) is 0.481. The zero-order chi connectivity index (χ0) is 27.2. The summed E-state index contributed by atoms with van der Waals surface area (Å²) in [6, 6.07) is 4.60. The van der Waals surface area contributed by atoms with Gasteiger partial charge in [0.05, 0.1) is 34.7 Å². The third kappa shape index (κ3) is 6.95. The number of ether oxygens (including phenoxy) is 1. The maximum Gasteiger partial charge on any atom is 0.318 e. The van der Waals surface area contributed by atoms with Crippen LogP contribution in [-0.2, 0) is 17.8 Å². The van der Waals surface area contributed by atoms with Gasteiger partial charge in [-0.2, -0.15) is 28.6 Å². The molecule has 2 aliphatic heterocycles. The first-order valence-corrected chi connectivity index (χ1v) is 13.5. The highest BCUT2D eigenvalue weighted by molar-refractivity contribution is 7.59. The van der Waals surface area contributed by atoms with Gasteiger partial charge in [-0.15, -0.1) is 0 Å². The van der Waals surface area contributed by atoms with Gasteiger partial charge in [0.15, 0.2) is 0 Å². The van der Waals surface area contributed by atoms with Crippen LogP contribution in [0.15, 0.2) is 31.0 Å². The summed E-state index contributed by atoms with van der Waals surface area (Å²) in [4.78, 5) is 26.1. The molecule has 2 aromatic heterocycles. The third-order valence-corrected chi connectivity index (χ3v) is 7.57. The van der Waals surface area contributed by atoms with Gasteiger partial charge in [-0.25, -0.2) is 0 Å². The third-order valence-electron chi connectivity index (χ3n) is 7.27. The lowest BCUT2D eigenvalue weighted by atomic mass is 10.0. The molecular formula is C27H39ClN8O2S. The summed E-state index contributed by atoms with van der Waals surface area (Å²) in [5, 5.41) is 8.87. The van der Waals surface area contributed by atoms with Crippen molar-refractivity contribution in [3.05, 3.63) is 47.3 Å². The van der Waals surface area contributed by atoms with Gasteiger partial charge in [-0.1, -0.05) is 18.2 Å². The molecule has 2 aliphatic rings. The average Bonchev–Trinajstić information content (AvgIpc) is 3.56. The molecule has 0 unspecified atom stereocenters. The predicted octanol–water partition coefficient (Wildman–Crippen LogP) is 3.78. The van der Waals surface area contributed by atoms with Crippen LogP contribution in [0.25, 0.3) is 10.9 Å². The molecule has 1 amide bonds. The lowest BCUT2D eigenvalue weighted by molar-refractivity contribution is -0.125. The standard InChI is InChI=1S/C20H24ClN7O.C7H13NO.H2S/c1-27-7-2-3-12(27)11-29-20-24-17-10-28(8-6-13(17)19(22)25-20)18-14-9-23-26-16(14)5-4-15(18)21;1-4-7(9)8(5-2)6-3;/h4-5,9,12H,2-3,6-8,10-11H2,1H3,(H,23,26)(H2,22,24,25);4H,1,5-6H2,2-3H3;1H2/t12-;;/m0../s1. The Morgan fingerprint density at radius 1 is 1.31 bits per heavy atom. The Morgan fingerprint density at radius 2 is 2.08 bits per heavy atom. The van der Waals surface area contributed by atoms with E-state index in [9.17, 15) is 4.79 Å². The first kappa shape index (κ1) is 30.5. The number of nitrogens with two attached hydrogens (primary N) is 1.